The van der Waals surface area contributed by atoms with Crippen molar-refractivity contribution in [2.45, 2.75) is 12.8 Å². The van der Waals surface area contributed by atoms with Gasteiger partial charge in [0.1, 0.15) is 5.75 Å². The summed E-state index contributed by atoms with van der Waals surface area (Å²) >= 11 is 5.81. The van der Waals surface area contributed by atoms with E-state index in [0.717, 1.165) is 24.1 Å². The first-order chi connectivity index (χ1) is 10.1. The summed E-state index contributed by atoms with van der Waals surface area (Å²) in [6, 6.07) is 10.1. The zero-order valence-electron chi connectivity index (χ0n) is 11.3. The standard InChI is InChI=1S/C16H15ClN2O2/c17-10-6-7-12(15(20)9-10)16(21)19-8-2-3-11-13(18)4-1-5-14(11)19/h1,4-7,9,20H,2-3,8,18H2. The van der Waals surface area contributed by atoms with Crippen LogP contribution in [-0.2, 0) is 6.42 Å². The Labute approximate surface area is 127 Å². The molecule has 0 spiro atoms. The van der Waals surface area contributed by atoms with Crippen molar-refractivity contribution in [2.75, 3.05) is 17.2 Å². The Morgan fingerprint density at radius 3 is 2.86 bits per heavy atom. The molecule has 4 nitrogen and oxygen atoms in total. The molecule has 108 valence electrons. The monoisotopic (exact) mass is 302 g/mol. The molecule has 1 heterocycles. The van der Waals surface area contributed by atoms with Crippen LogP contribution in [-0.4, -0.2) is 17.6 Å². The second-order valence-electron chi connectivity index (χ2n) is 5.07. The average molecular weight is 303 g/mol. The van der Waals surface area contributed by atoms with Crippen molar-refractivity contribution in [3.63, 3.8) is 0 Å². The Balaban J connectivity index is 2.02. The minimum atomic E-state index is -0.240. The van der Waals surface area contributed by atoms with Crippen LogP contribution in [0.3, 0.4) is 0 Å². The molecule has 21 heavy (non-hydrogen) atoms. The van der Waals surface area contributed by atoms with Crippen LogP contribution in [0.4, 0.5) is 11.4 Å². The maximum Gasteiger partial charge on any atom is 0.262 e. The van der Waals surface area contributed by atoms with Crippen LogP contribution in [0.25, 0.3) is 0 Å². The van der Waals surface area contributed by atoms with E-state index in [2.05, 4.69) is 0 Å². The highest BCUT2D eigenvalue weighted by Gasteiger charge is 2.26. The molecule has 2 aromatic rings. The number of fused-ring (bicyclic) bond motifs is 1. The molecule has 0 bridgehead atoms. The number of aromatic hydroxyl groups is 1. The minimum Gasteiger partial charge on any atom is -0.507 e. The van der Waals surface area contributed by atoms with Crippen LogP contribution in [0.15, 0.2) is 36.4 Å². The van der Waals surface area contributed by atoms with Crippen LogP contribution in [0, 0.1) is 0 Å². The number of phenols is 1. The third-order valence-electron chi connectivity index (χ3n) is 3.72. The number of nitrogen functional groups attached to an aromatic ring is 1. The number of carbonyl (C=O) groups excluding carboxylic acids is 1. The SMILES string of the molecule is Nc1cccc2c1CCCN2C(=O)c1ccc(Cl)cc1O. The van der Waals surface area contributed by atoms with Crippen LogP contribution in [0.2, 0.25) is 5.02 Å². The predicted octanol–water partition coefficient (Wildman–Crippen LogP) is 3.22. The lowest BCUT2D eigenvalue weighted by Crippen LogP contribution is -2.35. The first-order valence-electron chi connectivity index (χ1n) is 6.75. The summed E-state index contributed by atoms with van der Waals surface area (Å²) in [6.45, 7) is 0.608. The first kappa shape index (κ1) is 13.8. The van der Waals surface area contributed by atoms with Gasteiger partial charge in [-0.05, 0) is 48.7 Å². The second kappa shape index (κ2) is 5.30. The number of nitrogens with two attached hydrogens (primary N) is 1. The zero-order chi connectivity index (χ0) is 15.0. The van der Waals surface area contributed by atoms with E-state index >= 15 is 0 Å². The Kier molecular flexibility index (Phi) is 3.47. The first-order valence-corrected chi connectivity index (χ1v) is 7.13. The van der Waals surface area contributed by atoms with Gasteiger partial charge in [-0.3, -0.25) is 4.79 Å². The number of hydrogen-bond acceptors (Lipinski definition) is 3. The number of nitrogens with zero attached hydrogens (tertiary/aromatic N) is 1. The molecule has 0 atom stereocenters. The van der Waals surface area contributed by atoms with Crippen molar-refractivity contribution in [1.82, 2.24) is 0 Å². The molecule has 0 saturated carbocycles. The Bertz CT molecular complexity index is 715. The van der Waals surface area contributed by atoms with E-state index in [-0.39, 0.29) is 17.2 Å². The van der Waals surface area contributed by atoms with Gasteiger partial charge in [-0.15, -0.1) is 0 Å². The summed E-state index contributed by atoms with van der Waals surface area (Å²) in [5.74, 6) is -0.348. The lowest BCUT2D eigenvalue weighted by Gasteiger charge is -2.30. The summed E-state index contributed by atoms with van der Waals surface area (Å²) in [5.41, 5.74) is 8.74. The fourth-order valence-electron chi connectivity index (χ4n) is 2.69. The smallest absolute Gasteiger partial charge is 0.262 e. The molecule has 3 N–H and O–H groups in total. The van der Waals surface area contributed by atoms with Crippen molar-refractivity contribution in [2.24, 2.45) is 0 Å². The highest BCUT2D eigenvalue weighted by Crippen LogP contribution is 2.33. The summed E-state index contributed by atoms with van der Waals surface area (Å²) in [5, 5.41) is 10.3. The molecule has 0 aliphatic carbocycles. The van der Waals surface area contributed by atoms with Crippen molar-refractivity contribution in [3.05, 3.63) is 52.5 Å². The molecule has 3 rings (SSSR count). The van der Waals surface area contributed by atoms with Gasteiger partial charge in [0, 0.05) is 22.9 Å². The van der Waals surface area contributed by atoms with Crippen molar-refractivity contribution < 1.29 is 9.90 Å². The number of rotatable bonds is 1. The second-order valence-corrected chi connectivity index (χ2v) is 5.50. The minimum absolute atomic E-state index is 0.108. The predicted molar refractivity (Wildman–Crippen MR) is 84.0 cm³/mol. The fourth-order valence-corrected chi connectivity index (χ4v) is 2.86. The average Bonchev–Trinajstić information content (AvgIpc) is 2.46. The van der Waals surface area contributed by atoms with E-state index in [1.54, 1.807) is 17.0 Å². The highest BCUT2D eigenvalue weighted by molar-refractivity contribution is 6.31. The molecule has 0 saturated heterocycles. The van der Waals surface area contributed by atoms with Gasteiger partial charge >= 0.3 is 0 Å². The van der Waals surface area contributed by atoms with E-state index in [4.69, 9.17) is 17.3 Å². The van der Waals surface area contributed by atoms with E-state index in [0.29, 0.717) is 17.3 Å². The van der Waals surface area contributed by atoms with E-state index < -0.39 is 0 Å². The van der Waals surface area contributed by atoms with Gasteiger partial charge in [-0.2, -0.15) is 0 Å². The highest BCUT2D eigenvalue weighted by atomic mass is 35.5. The lowest BCUT2D eigenvalue weighted by molar-refractivity contribution is 0.0982. The number of benzene rings is 2. The van der Waals surface area contributed by atoms with Crippen LogP contribution < -0.4 is 10.6 Å². The van der Waals surface area contributed by atoms with E-state index in [1.807, 2.05) is 18.2 Å². The topological polar surface area (TPSA) is 66.6 Å². The lowest BCUT2D eigenvalue weighted by atomic mass is 9.99. The Morgan fingerprint density at radius 2 is 2.10 bits per heavy atom. The molecule has 1 amide bonds. The van der Waals surface area contributed by atoms with Gasteiger partial charge in [0.2, 0.25) is 0 Å². The Morgan fingerprint density at radius 1 is 1.29 bits per heavy atom. The van der Waals surface area contributed by atoms with Gasteiger partial charge in [0.15, 0.2) is 0 Å². The van der Waals surface area contributed by atoms with Gasteiger partial charge < -0.3 is 15.7 Å². The third kappa shape index (κ3) is 2.43. The number of halogens is 1. The van der Waals surface area contributed by atoms with E-state index in [9.17, 15) is 9.90 Å². The quantitative estimate of drug-likeness (QED) is 0.795. The van der Waals surface area contributed by atoms with Crippen molar-refractivity contribution in [3.8, 4) is 5.75 Å². The fraction of sp³-hybridized carbons (Fsp3) is 0.188. The molecule has 0 unspecified atom stereocenters. The van der Waals surface area contributed by atoms with E-state index in [1.165, 1.54) is 6.07 Å². The molecule has 0 fully saturated rings. The third-order valence-corrected chi connectivity index (χ3v) is 3.96. The molecule has 5 heteroatoms. The molecule has 1 aliphatic heterocycles. The number of amides is 1. The molecule has 0 radical (unpaired) electrons. The van der Waals surface area contributed by atoms with Crippen LogP contribution in [0.1, 0.15) is 22.3 Å². The maximum absolute atomic E-state index is 12.7. The zero-order valence-corrected chi connectivity index (χ0v) is 12.1. The van der Waals surface area contributed by atoms with Crippen molar-refractivity contribution >= 4 is 28.9 Å². The molecule has 1 aliphatic rings. The number of carbonyl (C=O) groups is 1. The summed E-state index contributed by atoms with van der Waals surface area (Å²) in [4.78, 5) is 14.4. The molecule has 2 aromatic carbocycles. The number of phenolic OH excluding ortho intramolecular Hbond substituents is 1. The van der Waals surface area contributed by atoms with Gasteiger partial charge in [-0.25, -0.2) is 0 Å². The van der Waals surface area contributed by atoms with Crippen molar-refractivity contribution in [1.29, 1.82) is 0 Å². The number of anilines is 2. The summed E-state index contributed by atoms with van der Waals surface area (Å²) < 4.78 is 0. The van der Waals surface area contributed by atoms with Crippen LogP contribution >= 0.6 is 11.6 Å². The van der Waals surface area contributed by atoms with Gasteiger partial charge in [0.25, 0.3) is 5.91 Å². The Hall–Kier alpha value is -2.20. The maximum atomic E-state index is 12.7. The molecule has 0 aromatic heterocycles. The summed E-state index contributed by atoms with van der Waals surface area (Å²) in [6.07, 6.45) is 1.71. The number of hydrogen-bond donors (Lipinski definition) is 2. The summed E-state index contributed by atoms with van der Waals surface area (Å²) in [7, 11) is 0. The molecular formula is C16H15ClN2O2. The normalized spacial score (nSPS) is 13.9. The largest absolute Gasteiger partial charge is 0.507 e. The molecular weight excluding hydrogens is 288 g/mol. The van der Waals surface area contributed by atoms with Gasteiger partial charge in [-0.1, -0.05) is 17.7 Å². The van der Waals surface area contributed by atoms with Gasteiger partial charge in [0.05, 0.1) is 5.56 Å². The van der Waals surface area contributed by atoms with Crippen LogP contribution in [0.5, 0.6) is 5.75 Å².